The summed E-state index contributed by atoms with van der Waals surface area (Å²) in [4.78, 5) is 0. The molecule has 0 spiro atoms. The molecule has 0 aliphatic rings. The van der Waals surface area contributed by atoms with Gasteiger partial charge in [0.25, 0.3) is 0 Å². The number of ether oxygens (including phenoxy) is 1. The number of benzene rings is 2. The van der Waals surface area contributed by atoms with Crippen LogP contribution in [0.4, 0.5) is 8.78 Å². The SMILES string of the molecule is N/C(=N\O)c1ccc(COc2ccc(F)cc2)c(F)c1. The number of oxime groups is 1. The summed E-state index contributed by atoms with van der Waals surface area (Å²) in [7, 11) is 0. The number of nitrogens with two attached hydrogens (primary N) is 1. The molecule has 3 N–H and O–H groups in total. The number of hydrogen-bond donors (Lipinski definition) is 2. The van der Waals surface area contributed by atoms with E-state index in [2.05, 4.69) is 5.16 Å². The van der Waals surface area contributed by atoms with Crippen molar-refractivity contribution in [1.29, 1.82) is 0 Å². The van der Waals surface area contributed by atoms with Crippen molar-refractivity contribution in [3.05, 3.63) is 65.2 Å². The van der Waals surface area contributed by atoms with Crippen molar-refractivity contribution < 1.29 is 18.7 Å². The predicted octanol–water partition coefficient (Wildman–Crippen LogP) is 2.64. The molecule has 4 nitrogen and oxygen atoms in total. The summed E-state index contributed by atoms with van der Waals surface area (Å²) < 4.78 is 31.8. The molecule has 0 saturated heterocycles. The van der Waals surface area contributed by atoms with Crippen LogP contribution in [-0.4, -0.2) is 11.0 Å². The average Bonchev–Trinajstić information content (AvgIpc) is 2.46. The molecule has 0 amide bonds. The number of rotatable bonds is 4. The Labute approximate surface area is 114 Å². The van der Waals surface area contributed by atoms with Crippen LogP contribution < -0.4 is 10.5 Å². The Morgan fingerprint density at radius 3 is 2.45 bits per heavy atom. The van der Waals surface area contributed by atoms with Crippen molar-refractivity contribution >= 4 is 5.84 Å². The molecular formula is C14H12F2N2O2. The summed E-state index contributed by atoms with van der Waals surface area (Å²) in [5.74, 6) is -0.635. The maximum absolute atomic E-state index is 13.8. The summed E-state index contributed by atoms with van der Waals surface area (Å²) >= 11 is 0. The summed E-state index contributed by atoms with van der Waals surface area (Å²) in [5, 5.41) is 11.3. The van der Waals surface area contributed by atoms with Gasteiger partial charge in [0.2, 0.25) is 0 Å². The predicted molar refractivity (Wildman–Crippen MR) is 69.6 cm³/mol. The highest BCUT2D eigenvalue weighted by atomic mass is 19.1. The van der Waals surface area contributed by atoms with Gasteiger partial charge in [-0.1, -0.05) is 17.3 Å². The molecule has 0 unspecified atom stereocenters. The molecule has 0 heterocycles. The molecule has 2 rings (SSSR count). The topological polar surface area (TPSA) is 67.8 Å². The maximum Gasteiger partial charge on any atom is 0.170 e. The first-order valence-corrected chi connectivity index (χ1v) is 5.75. The van der Waals surface area contributed by atoms with Crippen LogP contribution in [0, 0.1) is 11.6 Å². The molecule has 0 atom stereocenters. The molecule has 0 aliphatic heterocycles. The molecule has 0 radical (unpaired) electrons. The highest BCUT2D eigenvalue weighted by molar-refractivity contribution is 5.97. The van der Waals surface area contributed by atoms with Gasteiger partial charge in [0.05, 0.1) is 0 Å². The molecule has 0 fully saturated rings. The monoisotopic (exact) mass is 278 g/mol. The zero-order valence-electron chi connectivity index (χ0n) is 10.4. The van der Waals surface area contributed by atoms with Crippen LogP contribution in [0.15, 0.2) is 47.6 Å². The van der Waals surface area contributed by atoms with Gasteiger partial charge in [0.15, 0.2) is 5.84 Å². The molecule has 6 heteroatoms. The average molecular weight is 278 g/mol. The second kappa shape index (κ2) is 6.01. The van der Waals surface area contributed by atoms with Crippen LogP contribution >= 0.6 is 0 Å². The smallest absolute Gasteiger partial charge is 0.170 e. The summed E-state index contributed by atoms with van der Waals surface area (Å²) in [6.07, 6.45) is 0. The highest BCUT2D eigenvalue weighted by Gasteiger charge is 2.07. The zero-order valence-corrected chi connectivity index (χ0v) is 10.4. The first-order valence-electron chi connectivity index (χ1n) is 5.75. The minimum Gasteiger partial charge on any atom is -0.489 e. The van der Waals surface area contributed by atoms with Crippen LogP contribution in [-0.2, 0) is 6.61 Å². The van der Waals surface area contributed by atoms with Gasteiger partial charge in [-0.3, -0.25) is 0 Å². The van der Waals surface area contributed by atoms with Crippen LogP contribution in [0.5, 0.6) is 5.75 Å². The Morgan fingerprint density at radius 2 is 1.85 bits per heavy atom. The van der Waals surface area contributed by atoms with Crippen molar-refractivity contribution in [2.75, 3.05) is 0 Å². The van der Waals surface area contributed by atoms with Crippen molar-refractivity contribution in [2.45, 2.75) is 6.61 Å². The molecule has 0 aromatic heterocycles. The lowest BCUT2D eigenvalue weighted by atomic mass is 10.1. The largest absolute Gasteiger partial charge is 0.489 e. The summed E-state index contributed by atoms with van der Waals surface area (Å²) in [5.41, 5.74) is 5.94. The Hall–Kier alpha value is -2.63. The van der Waals surface area contributed by atoms with Gasteiger partial charge in [0.1, 0.15) is 24.0 Å². The zero-order chi connectivity index (χ0) is 14.5. The third-order valence-electron chi connectivity index (χ3n) is 2.66. The van der Waals surface area contributed by atoms with E-state index >= 15 is 0 Å². The first-order chi connectivity index (χ1) is 9.60. The van der Waals surface area contributed by atoms with Gasteiger partial charge in [-0.25, -0.2) is 8.78 Å². The fourth-order valence-electron chi connectivity index (χ4n) is 1.57. The molecule has 0 aliphatic carbocycles. The number of amidine groups is 1. The number of hydrogen-bond acceptors (Lipinski definition) is 3. The lowest BCUT2D eigenvalue weighted by molar-refractivity contribution is 0.299. The number of nitrogens with zero attached hydrogens (tertiary/aromatic N) is 1. The molecule has 104 valence electrons. The number of halogens is 2. The fourth-order valence-corrected chi connectivity index (χ4v) is 1.57. The molecule has 2 aromatic rings. The fraction of sp³-hybridized carbons (Fsp3) is 0.0714. The van der Waals surface area contributed by atoms with Gasteiger partial charge >= 0.3 is 0 Å². The van der Waals surface area contributed by atoms with E-state index in [1.54, 1.807) is 0 Å². The summed E-state index contributed by atoms with van der Waals surface area (Å²) in [6, 6.07) is 9.57. The van der Waals surface area contributed by atoms with Crippen LogP contribution in [0.1, 0.15) is 11.1 Å². The Kier molecular flexibility index (Phi) is 4.14. The third kappa shape index (κ3) is 3.23. The van der Waals surface area contributed by atoms with E-state index in [4.69, 9.17) is 15.7 Å². The van der Waals surface area contributed by atoms with Crippen LogP contribution in [0.2, 0.25) is 0 Å². The summed E-state index contributed by atoms with van der Waals surface area (Å²) in [6.45, 7) is -0.00603. The Balaban J connectivity index is 2.08. The Bertz CT molecular complexity index is 628. The molecule has 0 saturated carbocycles. The van der Waals surface area contributed by atoms with Crippen molar-refractivity contribution in [3.63, 3.8) is 0 Å². The second-order valence-corrected chi connectivity index (χ2v) is 4.03. The second-order valence-electron chi connectivity index (χ2n) is 4.03. The van der Waals surface area contributed by atoms with Crippen molar-refractivity contribution in [3.8, 4) is 5.75 Å². The van der Waals surface area contributed by atoms with E-state index < -0.39 is 5.82 Å². The quantitative estimate of drug-likeness (QED) is 0.391. The lowest BCUT2D eigenvalue weighted by Crippen LogP contribution is -2.13. The lowest BCUT2D eigenvalue weighted by Gasteiger charge is -2.08. The van der Waals surface area contributed by atoms with Crippen molar-refractivity contribution in [1.82, 2.24) is 0 Å². The van der Waals surface area contributed by atoms with Gasteiger partial charge in [0, 0.05) is 11.1 Å². The van der Waals surface area contributed by atoms with Crippen LogP contribution in [0.25, 0.3) is 0 Å². The van der Waals surface area contributed by atoms with Crippen LogP contribution in [0.3, 0.4) is 0 Å². The molecule has 0 bridgehead atoms. The maximum atomic E-state index is 13.8. The highest BCUT2D eigenvalue weighted by Crippen LogP contribution is 2.16. The van der Waals surface area contributed by atoms with Gasteiger partial charge < -0.3 is 15.7 Å². The molecular weight excluding hydrogens is 266 g/mol. The Morgan fingerprint density at radius 1 is 1.15 bits per heavy atom. The first kappa shape index (κ1) is 13.8. The van der Waals surface area contributed by atoms with Crippen molar-refractivity contribution in [2.24, 2.45) is 10.9 Å². The van der Waals surface area contributed by atoms with Gasteiger partial charge in [-0.15, -0.1) is 0 Å². The molecule has 20 heavy (non-hydrogen) atoms. The van der Waals surface area contributed by atoms with E-state index in [9.17, 15) is 8.78 Å². The minimum absolute atomic E-state index is 0.00603. The van der Waals surface area contributed by atoms with Gasteiger partial charge in [-0.05, 0) is 30.3 Å². The third-order valence-corrected chi connectivity index (χ3v) is 2.66. The minimum atomic E-state index is -0.531. The standard InChI is InChI=1S/C14H12F2N2O2/c15-11-3-5-12(6-4-11)20-8-10-2-1-9(7-13(10)16)14(17)18-19/h1-7,19H,8H2,(H2,17,18). The van der Waals surface area contributed by atoms with E-state index in [0.29, 0.717) is 11.3 Å². The van der Waals surface area contributed by atoms with E-state index in [-0.39, 0.29) is 23.8 Å². The normalized spacial score (nSPS) is 11.4. The van der Waals surface area contributed by atoms with E-state index in [0.717, 1.165) is 6.07 Å². The molecule has 2 aromatic carbocycles. The van der Waals surface area contributed by atoms with E-state index in [1.165, 1.54) is 36.4 Å². The van der Waals surface area contributed by atoms with E-state index in [1.807, 2.05) is 0 Å². The van der Waals surface area contributed by atoms with Gasteiger partial charge in [-0.2, -0.15) is 0 Å².